The quantitative estimate of drug-likeness (QED) is 0.709. The topological polar surface area (TPSA) is 41.6 Å². The molecule has 0 spiro atoms. The highest BCUT2D eigenvalue weighted by Crippen LogP contribution is 2.00. The van der Waals surface area contributed by atoms with Crippen molar-refractivity contribution < 1.29 is 9.53 Å². The van der Waals surface area contributed by atoms with Crippen molar-refractivity contribution in [2.45, 2.75) is 26.7 Å². The SMILES string of the molecule is CC(C)CCOC(=O)CN1CCCNCC1. The summed E-state index contributed by atoms with van der Waals surface area (Å²) in [6.07, 6.45) is 2.06. The first-order chi connectivity index (χ1) is 7.68. The standard InChI is InChI=1S/C12H24N2O2/c1-11(2)4-9-16-12(15)10-14-7-3-5-13-6-8-14/h11,13H,3-10H2,1-2H3. The summed E-state index contributed by atoms with van der Waals surface area (Å²) in [6, 6.07) is 0. The molecule has 0 saturated carbocycles. The van der Waals surface area contributed by atoms with Crippen molar-refractivity contribution in [1.82, 2.24) is 10.2 Å². The number of hydrogen-bond acceptors (Lipinski definition) is 4. The van der Waals surface area contributed by atoms with E-state index in [9.17, 15) is 4.79 Å². The second-order valence-corrected chi connectivity index (χ2v) is 4.78. The molecule has 0 atom stereocenters. The average molecular weight is 228 g/mol. The zero-order valence-corrected chi connectivity index (χ0v) is 10.5. The third-order valence-electron chi connectivity index (χ3n) is 2.74. The van der Waals surface area contributed by atoms with Crippen LogP contribution in [-0.4, -0.2) is 50.2 Å². The van der Waals surface area contributed by atoms with Crippen molar-refractivity contribution in [2.75, 3.05) is 39.3 Å². The van der Waals surface area contributed by atoms with Crippen molar-refractivity contribution in [1.29, 1.82) is 0 Å². The van der Waals surface area contributed by atoms with Crippen LogP contribution in [0.25, 0.3) is 0 Å². The first kappa shape index (κ1) is 13.5. The molecule has 0 aromatic carbocycles. The molecule has 16 heavy (non-hydrogen) atoms. The van der Waals surface area contributed by atoms with Gasteiger partial charge in [-0.1, -0.05) is 13.8 Å². The molecule has 94 valence electrons. The minimum Gasteiger partial charge on any atom is -0.465 e. The van der Waals surface area contributed by atoms with Gasteiger partial charge >= 0.3 is 5.97 Å². The number of hydrogen-bond donors (Lipinski definition) is 1. The van der Waals surface area contributed by atoms with Gasteiger partial charge in [0.1, 0.15) is 0 Å². The highest BCUT2D eigenvalue weighted by molar-refractivity contribution is 5.71. The van der Waals surface area contributed by atoms with Crippen LogP contribution in [0.5, 0.6) is 0 Å². The molecule has 1 fully saturated rings. The van der Waals surface area contributed by atoms with Crippen LogP contribution in [0.2, 0.25) is 0 Å². The van der Waals surface area contributed by atoms with Crippen LogP contribution in [-0.2, 0) is 9.53 Å². The molecule has 1 aliphatic heterocycles. The molecule has 0 aliphatic carbocycles. The van der Waals surface area contributed by atoms with Crippen molar-refractivity contribution >= 4 is 5.97 Å². The molecule has 1 N–H and O–H groups in total. The van der Waals surface area contributed by atoms with E-state index in [1.54, 1.807) is 0 Å². The molecule has 4 nitrogen and oxygen atoms in total. The van der Waals surface area contributed by atoms with E-state index in [2.05, 4.69) is 24.1 Å². The lowest BCUT2D eigenvalue weighted by Crippen LogP contribution is -2.34. The summed E-state index contributed by atoms with van der Waals surface area (Å²) in [4.78, 5) is 13.7. The number of esters is 1. The summed E-state index contributed by atoms with van der Waals surface area (Å²) in [5.41, 5.74) is 0. The zero-order valence-electron chi connectivity index (χ0n) is 10.5. The highest BCUT2D eigenvalue weighted by Gasteiger charge is 2.13. The number of nitrogens with zero attached hydrogens (tertiary/aromatic N) is 1. The van der Waals surface area contributed by atoms with Crippen LogP contribution in [0.3, 0.4) is 0 Å². The Morgan fingerprint density at radius 3 is 2.94 bits per heavy atom. The number of rotatable bonds is 5. The number of ether oxygens (including phenoxy) is 1. The number of nitrogens with one attached hydrogen (secondary N) is 1. The molecule has 4 heteroatoms. The largest absolute Gasteiger partial charge is 0.465 e. The maximum atomic E-state index is 11.5. The Hall–Kier alpha value is -0.610. The summed E-state index contributed by atoms with van der Waals surface area (Å²) in [5.74, 6) is 0.512. The molecule has 1 rings (SSSR count). The van der Waals surface area contributed by atoms with Gasteiger partial charge < -0.3 is 10.1 Å². The third kappa shape index (κ3) is 6.08. The second kappa shape index (κ2) is 7.63. The molecule has 1 saturated heterocycles. The molecule has 0 unspecified atom stereocenters. The number of carbonyl (C=O) groups is 1. The molecule has 0 aromatic rings. The molecule has 1 heterocycles. The van der Waals surface area contributed by atoms with Crippen LogP contribution < -0.4 is 5.32 Å². The highest BCUT2D eigenvalue weighted by atomic mass is 16.5. The summed E-state index contributed by atoms with van der Waals surface area (Å²) >= 11 is 0. The Kier molecular flexibility index (Phi) is 6.42. The number of carbonyl (C=O) groups excluding carboxylic acids is 1. The third-order valence-corrected chi connectivity index (χ3v) is 2.74. The van der Waals surface area contributed by atoms with Crippen molar-refractivity contribution in [3.63, 3.8) is 0 Å². The summed E-state index contributed by atoms with van der Waals surface area (Å²) in [5, 5.41) is 3.31. The van der Waals surface area contributed by atoms with Crippen LogP contribution in [0.1, 0.15) is 26.7 Å². The van der Waals surface area contributed by atoms with Gasteiger partial charge in [-0.2, -0.15) is 0 Å². The predicted molar refractivity (Wildman–Crippen MR) is 64.3 cm³/mol. The summed E-state index contributed by atoms with van der Waals surface area (Å²) in [7, 11) is 0. The molecule has 1 aliphatic rings. The molecule has 0 amide bonds. The van der Waals surface area contributed by atoms with Crippen LogP contribution in [0, 0.1) is 5.92 Å². The Labute approximate surface area is 98.3 Å². The lowest BCUT2D eigenvalue weighted by molar-refractivity contribution is -0.145. The monoisotopic (exact) mass is 228 g/mol. The van der Waals surface area contributed by atoms with Gasteiger partial charge in [0.25, 0.3) is 0 Å². The van der Waals surface area contributed by atoms with E-state index in [4.69, 9.17) is 4.74 Å². The van der Waals surface area contributed by atoms with Crippen molar-refractivity contribution in [2.24, 2.45) is 5.92 Å². The first-order valence-corrected chi connectivity index (χ1v) is 6.27. The van der Waals surface area contributed by atoms with Crippen molar-refractivity contribution in [3.8, 4) is 0 Å². The first-order valence-electron chi connectivity index (χ1n) is 6.27. The Morgan fingerprint density at radius 2 is 2.19 bits per heavy atom. The van der Waals surface area contributed by atoms with Gasteiger partial charge in [-0.15, -0.1) is 0 Å². The van der Waals surface area contributed by atoms with Crippen LogP contribution in [0.4, 0.5) is 0 Å². The molecular formula is C12H24N2O2. The van der Waals surface area contributed by atoms with Gasteiger partial charge in [-0.05, 0) is 31.8 Å². The fraction of sp³-hybridized carbons (Fsp3) is 0.917. The summed E-state index contributed by atoms with van der Waals surface area (Å²) < 4.78 is 5.20. The second-order valence-electron chi connectivity index (χ2n) is 4.78. The lowest BCUT2D eigenvalue weighted by atomic mass is 10.1. The summed E-state index contributed by atoms with van der Waals surface area (Å²) in [6.45, 7) is 9.23. The maximum absolute atomic E-state index is 11.5. The lowest BCUT2D eigenvalue weighted by Gasteiger charge is -2.18. The van der Waals surface area contributed by atoms with E-state index in [-0.39, 0.29) is 5.97 Å². The minimum atomic E-state index is -0.0810. The predicted octanol–water partition coefficient (Wildman–Crippen LogP) is 0.871. The molecule has 0 bridgehead atoms. The van der Waals surface area contributed by atoms with Gasteiger partial charge in [0, 0.05) is 13.1 Å². The fourth-order valence-corrected chi connectivity index (χ4v) is 1.70. The van der Waals surface area contributed by atoms with E-state index < -0.39 is 0 Å². The van der Waals surface area contributed by atoms with Gasteiger partial charge in [0.2, 0.25) is 0 Å². The molecule has 0 radical (unpaired) electrons. The fourth-order valence-electron chi connectivity index (χ4n) is 1.70. The van der Waals surface area contributed by atoms with Crippen molar-refractivity contribution in [3.05, 3.63) is 0 Å². The normalized spacial score (nSPS) is 18.4. The minimum absolute atomic E-state index is 0.0810. The zero-order chi connectivity index (χ0) is 11.8. The van der Waals surface area contributed by atoms with E-state index in [0.717, 1.165) is 39.0 Å². The van der Waals surface area contributed by atoms with Crippen LogP contribution in [0.15, 0.2) is 0 Å². The van der Waals surface area contributed by atoms with E-state index in [1.165, 1.54) is 0 Å². The smallest absolute Gasteiger partial charge is 0.320 e. The van der Waals surface area contributed by atoms with Crippen LogP contribution >= 0.6 is 0 Å². The van der Waals surface area contributed by atoms with Gasteiger partial charge in [-0.3, -0.25) is 9.69 Å². The Bertz CT molecular complexity index is 199. The van der Waals surface area contributed by atoms with E-state index >= 15 is 0 Å². The van der Waals surface area contributed by atoms with Gasteiger partial charge in [-0.25, -0.2) is 0 Å². The average Bonchev–Trinajstić information content (AvgIpc) is 2.45. The molecular weight excluding hydrogens is 204 g/mol. The van der Waals surface area contributed by atoms with Gasteiger partial charge in [0.05, 0.1) is 13.2 Å². The molecule has 0 aromatic heterocycles. The maximum Gasteiger partial charge on any atom is 0.320 e. The Balaban J connectivity index is 2.12. The van der Waals surface area contributed by atoms with E-state index in [0.29, 0.717) is 19.1 Å². The Morgan fingerprint density at radius 1 is 1.38 bits per heavy atom. The van der Waals surface area contributed by atoms with Gasteiger partial charge in [0.15, 0.2) is 0 Å². The van der Waals surface area contributed by atoms with E-state index in [1.807, 2.05) is 0 Å².